The van der Waals surface area contributed by atoms with E-state index in [0.29, 0.717) is 12.6 Å². The molecule has 5 heteroatoms. The van der Waals surface area contributed by atoms with Gasteiger partial charge < -0.3 is 10.4 Å². The van der Waals surface area contributed by atoms with E-state index in [-0.39, 0.29) is 5.91 Å². The fourth-order valence-electron chi connectivity index (χ4n) is 1.97. The third-order valence-electron chi connectivity index (χ3n) is 3.35. The summed E-state index contributed by atoms with van der Waals surface area (Å²) in [5.74, 6) is -0.992. The van der Waals surface area contributed by atoms with E-state index in [1.54, 1.807) is 25.7 Å². The summed E-state index contributed by atoms with van der Waals surface area (Å²) in [6.45, 7) is 7.40. The van der Waals surface area contributed by atoms with Crippen molar-refractivity contribution in [1.29, 1.82) is 0 Å². The Hall–Kier alpha value is -1.10. The van der Waals surface area contributed by atoms with E-state index in [9.17, 15) is 14.7 Å². The first-order valence-corrected chi connectivity index (χ1v) is 6.11. The molecule has 1 atom stereocenters. The molecular formula is C12H22N2O3. The topological polar surface area (TPSA) is 69.6 Å². The maximum absolute atomic E-state index is 11.9. The number of carbonyl (C=O) groups is 2. The molecule has 0 heterocycles. The molecule has 2 N–H and O–H groups in total. The number of nitrogens with one attached hydrogen (secondary N) is 1. The highest BCUT2D eigenvalue weighted by Crippen LogP contribution is 2.21. The van der Waals surface area contributed by atoms with Gasteiger partial charge in [0.1, 0.15) is 5.54 Å². The van der Waals surface area contributed by atoms with E-state index in [2.05, 4.69) is 5.32 Å². The Morgan fingerprint density at radius 3 is 2.35 bits per heavy atom. The van der Waals surface area contributed by atoms with E-state index in [1.807, 2.05) is 6.92 Å². The van der Waals surface area contributed by atoms with Crippen LogP contribution >= 0.6 is 0 Å². The van der Waals surface area contributed by atoms with Crippen LogP contribution in [0.25, 0.3) is 0 Å². The quantitative estimate of drug-likeness (QED) is 0.724. The SMILES string of the molecule is CCN(C(C)C(=O)NC1CC1)C(C)(C)C(=O)O. The number of aliphatic carboxylic acids is 1. The molecule has 17 heavy (non-hydrogen) atoms. The molecule has 5 nitrogen and oxygen atoms in total. The van der Waals surface area contributed by atoms with Crippen molar-refractivity contribution in [2.45, 2.75) is 58.2 Å². The molecule has 0 spiro atoms. The molecule has 98 valence electrons. The minimum Gasteiger partial charge on any atom is -0.480 e. The molecule has 0 radical (unpaired) electrons. The summed E-state index contributed by atoms with van der Waals surface area (Å²) in [4.78, 5) is 24.8. The van der Waals surface area contributed by atoms with Crippen LogP contribution in [0, 0.1) is 0 Å². The van der Waals surface area contributed by atoms with Gasteiger partial charge >= 0.3 is 5.97 Å². The maximum Gasteiger partial charge on any atom is 0.323 e. The molecule has 1 amide bonds. The number of nitrogens with zero attached hydrogens (tertiary/aromatic N) is 1. The molecule has 1 saturated carbocycles. The van der Waals surface area contributed by atoms with Crippen LogP contribution in [0.2, 0.25) is 0 Å². The Labute approximate surface area is 102 Å². The van der Waals surface area contributed by atoms with Gasteiger partial charge in [0.15, 0.2) is 0 Å². The zero-order chi connectivity index (χ0) is 13.2. The number of hydrogen-bond donors (Lipinski definition) is 2. The van der Waals surface area contributed by atoms with Crippen molar-refractivity contribution < 1.29 is 14.7 Å². The van der Waals surface area contributed by atoms with Gasteiger partial charge in [0.25, 0.3) is 0 Å². The summed E-state index contributed by atoms with van der Waals surface area (Å²) in [7, 11) is 0. The average Bonchev–Trinajstić information content (AvgIpc) is 3.01. The van der Waals surface area contributed by atoms with Crippen LogP contribution in [0.3, 0.4) is 0 Å². The van der Waals surface area contributed by atoms with Gasteiger partial charge in [-0.1, -0.05) is 6.92 Å². The number of carboxylic acids is 1. The Morgan fingerprint density at radius 2 is 2.00 bits per heavy atom. The van der Waals surface area contributed by atoms with Gasteiger partial charge in [-0.15, -0.1) is 0 Å². The predicted molar refractivity (Wildman–Crippen MR) is 64.7 cm³/mol. The van der Waals surface area contributed by atoms with Crippen LogP contribution in [0.1, 0.15) is 40.5 Å². The smallest absolute Gasteiger partial charge is 0.323 e. The second kappa shape index (κ2) is 5.04. The van der Waals surface area contributed by atoms with Crippen LogP contribution < -0.4 is 5.32 Å². The number of amides is 1. The van der Waals surface area contributed by atoms with Gasteiger partial charge in [-0.05, 0) is 40.2 Å². The number of hydrogen-bond acceptors (Lipinski definition) is 3. The predicted octanol–water partition coefficient (Wildman–Crippen LogP) is 0.839. The molecule has 0 aromatic rings. The summed E-state index contributed by atoms with van der Waals surface area (Å²) >= 11 is 0. The Balaban J connectivity index is 2.71. The van der Waals surface area contributed by atoms with E-state index < -0.39 is 17.6 Å². The first-order valence-electron chi connectivity index (χ1n) is 6.11. The van der Waals surface area contributed by atoms with Crippen LogP contribution in [-0.4, -0.2) is 46.1 Å². The van der Waals surface area contributed by atoms with E-state index in [0.717, 1.165) is 12.8 Å². The van der Waals surface area contributed by atoms with Crippen molar-refractivity contribution in [3.05, 3.63) is 0 Å². The molecule has 0 aliphatic heterocycles. The third kappa shape index (κ3) is 3.19. The van der Waals surface area contributed by atoms with Crippen molar-refractivity contribution in [1.82, 2.24) is 10.2 Å². The lowest BCUT2D eigenvalue weighted by Crippen LogP contribution is -2.58. The van der Waals surface area contributed by atoms with E-state index >= 15 is 0 Å². The van der Waals surface area contributed by atoms with Crippen molar-refractivity contribution >= 4 is 11.9 Å². The highest BCUT2D eigenvalue weighted by atomic mass is 16.4. The van der Waals surface area contributed by atoms with Gasteiger partial charge in [-0.2, -0.15) is 0 Å². The standard InChI is InChI=1S/C12H22N2O3/c1-5-14(12(3,4)11(16)17)8(2)10(15)13-9-6-7-9/h8-9H,5-7H2,1-4H3,(H,13,15)(H,16,17). The summed E-state index contributed by atoms with van der Waals surface area (Å²) in [6, 6.07) is -0.122. The minimum atomic E-state index is -1.03. The van der Waals surface area contributed by atoms with Crippen molar-refractivity contribution in [3.63, 3.8) is 0 Å². The van der Waals surface area contributed by atoms with Crippen LogP contribution in [-0.2, 0) is 9.59 Å². The molecule has 1 rings (SSSR count). The van der Waals surface area contributed by atoms with Crippen molar-refractivity contribution in [2.75, 3.05) is 6.54 Å². The lowest BCUT2D eigenvalue weighted by Gasteiger charge is -2.38. The van der Waals surface area contributed by atoms with Crippen molar-refractivity contribution in [3.8, 4) is 0 Å². The molecule has 0 aromatic heterocycles. The number of carboxylic acid groups (broad SMARTS) is 1. The van der Waals surface area contributed by atoms with Gasteiger partial charge in [0, 0.05) is 6.04 Å². The molecule has 0 aromatic carbocycles. The molecule has 0 saturated heterocycles. The van der Waals surface area contributed by atoms with Crippen molar-refractivity contribution in [2.24, 2.45) is 0 Å². The molecule has 1 aliphatic rings. The summed E-state index contributed by atoms with van der Waals surface area (Å²) in [5.41, 5.74) is -1.03. The van der Waals surface area contributed by atoms with Gasteiger partial charge in [-0.25, -0.2) is 0 Å². The minimum absolute atomic E-state index is 0.0799. The van der Waals surface area contributed by atoms with Crippen LogP contribution in [0.15, 0.2) is 0 Å². The zero-order valence-corrected chi connectivity index (χ0v) is 11.0. The monoisotopic (exact) mass is 242 g/mol. The highest BCUT2D eigenvalue weighted by molar-refractivity contribution is 5.84. The summed E-state index contributed by atoms with van der Waals surface area (Å²) < 4.78 is 0. The lowest BCUT2D eigenvalue weighted by molar-refractivity contribution is -0.152. The number of carbonyl (C=O) groups excluding carboxylic acids is 1. The molecule has 0 bridgehead atoms. The van der Waals surface area contributed by atoms with Crippen LogP contribution in [0.5, 0.6) is 0 Å². The first kappa shape index (κ1) is 14.0. The Kier molecular flexibility index (Phi) is 4.14. The first-order chi connectivity index (χ1) is 7.80. The summed E-state index contributed by atoms with van der Waals surface area (Å²) in [6.07, 6.45) is 2.07. The normalized spacial score (nSPS) is 17.9. The van der Waals surface area contributed by atoms with E-state index in [4.69, 9.17) is 0 Å². The van der Waals surface area contributed by atoms with Gasteiger partial charge in [0.2, 0.25) is 5.91 Å². The lowest BCUT2D eigenvalue weighted by atomic mass is 10.0. The maximum atomic E-state index is 11.9. The third-order valence-corrected chi connectivity index (χ3v) is 3.35. The average molecular weight is 242 g/mol. The highest BCUT2D eigenvalue weighted by Gasteiger charge is 2.39. The summed E-state index contributed by atoms with van der Waals surface area (Å²) in [5, 5.41) is 12.1. The zero-order valence-electron chi connectivity index (χ0n) is 11.0. The van der Waals surface area contributed by atoms with Gasteiger partial charge in [-0.3, -0.25) is 14.5 Å². The second-order valence-corrected chi connectivity index (χ2v) is 5.11. The second-order valence-electron chi connectivity index (χ2n) is 5.11. The van der Waals surface area contributed by atoms with Gasteiger partial charge in [0.05, 0.1) is 6.04 Å². The van der Waals surface area contributed by atoms with E-state index in [1.165, 1.54) is 0 Å². The molecule has 1 fully saturated rings. The molecule has 1 aliphatic carbocycles. The molecule has 1 unspecified atom stereocenters. The fourth-order valence-corrected chi connectivity index (χ4v) is 1.97. The number of likely N-dealkylation sites (N-methyl/N-ethyl adjacent to an activating group) is 1. The van der Waals surface area contributed by atoms with Crippen LogP contribution in [0.4, 0.5) is 0 Å². The molecular weight excluding hydrogens is 220 g/mol. The Bertz CT molecular complexity index is 311. The fraction of sp³-hybridized carbons (Fsp3) is 0.833. The largest absolute Gasteiger partial charge is 0.480 e. The Morgan fingerprint density at radius 1 is 1.47 bits per heavy atom. The number of rotatable bonds is 6.